The predicted octanol–water partition coefficient (Wildman–Crippen LogP) is 6.29. The summed E-state index contributed by atoms with van der Waals surface area (Å²) in [6.45, 7) is 2.81. The number of hydrogen-bond acceptors (Lipinski definition) is 4. The Morgan fingerprint density at radius 2 is 2.33 bits per heavy atom. The minimum absolute atomic E-state index is 0.528. The second kappa shape index (κ2) is 6.61. The molecule has 1 aliphatic rings. The molecule has 24 heavy (non-hydrogen) atoms. The number of thiophene rings is 1. The first-order valence-electron chi connectivity index (χ1n) is 8.23. The van der Waals surface area contributed by atoms with Gasteiger partial charge in [0.25, 0.3) is 0 Å². The van der Waals surface area contributed by atoms with Crippen molar-refractivity contribution in [3.05, 3.63) is 58.0 Å². The van der Waals surface area contributed by atoms with Crippen molar-refractivity contribution in [1.82, 2.24) is 4.98 Å². The molecule has 1 aliphatic carbocycles. The van der Waals surface area contributed by atoms with E-state index >= 15 is 0 Å². The lowest BCUT2D eigenvalue weighted by Crippen LogP contribution is -2.00. The average Bonchev–Trinajstić information content (AvgIpc) is 3.22. The molecule has 3 aromatic heterocycles. The summed E-state index contributed by atoms with van der Waals surface area (Å²) >= 11 is 8.13. The number of allylic oxidation sites excluding steroid dienone is 2. The Morgan fingerprint density at radius 3 is 3.08 bits per heavy atom. The summed E-state index contributed by atoms with van der Waals surface area (Å²) in [6.07, 6.45) is 9.77. The van der Waals surface area contributed by atoms with Gasteiger partial charge in [-0.15, -0.1) is 11.3 Å². The zero-order chi connectivity index (χ0) is 16.5. The van der Waals surface area contributed by atoms with Crippen LogP contribution in [0.1, 0.15) is 41.4 Å². The van der Waals surface area contributed by atoms with Crippen LogP contribution in [0.2, 0.25) is 5.15 Å². The molecule has 5 heteroatoms. The largest absolute Gasteiger partial charge is 0.467 e. The highest BCUT2D eigenvalue weighted by Crippen LogP contribution is 2.43. The van der Waals surface area contributed by atoms with E-state index in [9.17, 15) is 0 Å². The van der Waals surface area contributed by atoms with Crippen molar-refractivity contribution in [2.45, 2.75) is 38.6 Å². The van der Waals surface area contributed by atoms with Crippen LogP contribution in [-0.2, 0) is 6.54 Å². The van der Waals surface area contributed by atoms with E-state index in [0.717, 1.165) is 29.8 Å². The number of nitrogens with one attached hydrogen (secondary N) is 1. The van der Waals surface area contributed by atoms with E-state index in [1.54, 1.807) is 6.26 Å². The number of fused-ring (bicyclic) bond motifs is 1. The molecule has 0 saturated carbocycles. The third-order valence-electron chi connectivity index (χ3n) is 4.55. The first-order valence-corrected chi connectivity index (χ1v) is 9.42. The van der Waals surface area contributed by atoms with E-state index in [-0.39, 0.29) is 0 Å². The summed E-state index contributed by atoms with van der Waals surface area (Å²) in [6, 6.07) is 5.77. The standard InChI is InChI=1S/C19H19ClN2OS/c1-12-17-19(24-18(12)13-6-3-2-4-7-13)15(10-16(20)22-17)21-11-14-8-5-9-23-14/h2-3,5,8-10,13H,4,6-7,11H2,1H3,(H,21,22). The Labute approximate surface area is 150 Å². The van der Waals surface area contributed by atoms with Gasteiger partial charge >= 0.3 is 0 Å². The Hall–Kier alpha value is -1.78. The van der Waals surface area contributed by atoms with Crippen molar-refractivity contribution in [2.24, 2.45) is 0 Å². The number of aromatic nitrogens is 1. The Morgan fingerprint density at radius 1 is 1.42 bits per heavy atom. The number of halogens is 1. The van der Waals surface area contributed by atoms with Gasteiger partial charge in [-0.1, -0.05) is 23.8 Å². The fraction of sp³-hybridized carbons (Fsp3) is 0.316. The van der Waals surface area contributed by atoms with Crippen molar-refractivity contribution in [2.75, 3.05) is 5.32 Å². The highest BCUT2D eigenvalue weighted by Gasteiger charge is 2.21. The fourth-order valence-electron chi connectivity index (χ4n) is 3.31. The maximum atomic E-state index is 6.27. The molecule has 3 nitrogen and oxygen atoms in total. The first kappa shape index (κ1) is 15.7. The van der Waals surface area contributed by atoms with E-state index in [0.29, 0.717) is 17.6 Å². The van der Waals surface area contributed by atoms with Crippen LogP contribution in [0.4, 0.5) is 5.69 Å². The third kappa shape index (κ3) is 2.96. The lowest BCUT2D eigenvalue weighted by molar-refractivity contribution is 0.518. The number of nitrogens with zero attached hydrogens (tertiary/aromatic N) is 1. The van der Waals surface area contributed by atoms with Crippen LogP contribution in [0.15, 0.2) is 41.0 Å². The van der Waals surface area contributed by atoms with Crippen LogP contribution >= 0.6 is 22.9 Å². The van der Waals surface area contributed by atoms with Crippen molar-refractivity contribution >= 4 is 38.8 Å². The number of pyridine rings is 1. The van der Waals surface area contributed by atoms with Gasteiger partial charge in [0, 0.05) is 10.9 Å². The quantitative estimate of drug-likeness (QED) is 0.440. The van der Waals surface area contributed by atoms with Crippen molar-refractivity contribution in [3.63, 3.8) is 0 Å². The van der Waals surface area contributed by atoms with Crippen molar-refractivity contribution < 1.29 is 4.42 Å². The second-order valence-corrected chi connectivity index (χ2v) is 7.62. The van der Waals surface area contributed by atoms with Gasteiger partial charge in [-0.25, -0.2) is 4.98 Å². The molecule has 0 radical (unpaired) electrons. The minimum Gasteiger partial charge on any atom is -0.467 e. The molecule has 0 saturated heterocycles. The molecule has 1 N–H and O–H groups in total. The topological polar surface area (TPSA) is 38.1 Å². The molecular formula is C19H19ClN2OS. The summed E-state index contributed by atoms with van der Waals surface area (Å²) in [7, 11) is 0. The van der Waals surface area contributed by atoms with Gasteiger partial charge in [-0.05, 0) is 49.8 Å². The molecule has 0 amide bonds. The van der Waals surface area contributed by atoms with Crippen LogP contribution in [0, 0.1) is 6.92 Å². The molecule has 0 fully saturated rings. The number of hydrogen-bond donors (Lipinski definition) is 1. The third-order valence-corrected chi connectivity index (χ3v) is 6.22. The van der Waals surface area contributed by atoms with Crippen LogP contribution < -0.4 is 5.32 Å². The zero-order valence-corrected chi connectivity index (χ0v) is 15.1. The minimum atomic E-state index is 0.528. The lowest BCUT2D eigenvalue weighted by atomic mass is 9.91. The van der Waals surface area contributed by atoms with Crippen molar-refractivity contribution in [1.29, 1.82) is 0 Å². The maximum Gasteiger partial charge on any atom is 0.131 e. The van der Waals surface area contributed by atoms with E-state index in [1.807, 2.05) is 29.5 Å². The monoisotopic (exact) mass is 358 g/mol. The van der Waals surface area contributed by atoms with Gasteiger partial charge in [-0.2, -0.15) is 0 Å². The van der Waals surface area contributed by atoms with Gasteiger partial charge in [0.15, 0.2) is 0 Å². The first-order chi connectivity index (χ1) is 11.7. The average molecular weight is 359 g/mol. The van der Waals surface area contributed by atoms with Gasteiger partial charge in [0.05, 0.1) is 28.7 Å². The maximum absolute atomic E-state index is 6.27. The van der Waals surface area contributed by atoms with Gasteiger partial charge < -0.3 is 9.73 Å². The Kier molecular flexibility index (Phi) is 4.33. The van der Waals surface area contributed by atoms with E-state index < -0.39 is 0 Å². The molecule has 1 unspecified atom stereocenters. The molecule has 3 aromatic rings. The number of aryl methyl sites for hydroxylation is 1. The molecule has 1 atom stereocenters. The second-order valence-electron chi connectivity index (χ2n) is 6.18. The summed E-state index contributed by atoms with van der Waals surface area (Å²) in [5, 5.41) is 3.98. The predicted molar refractivity (Wildman–Crippen MR) is 101 cm³/mol. The van der Waals surface area contributed by atoms with Gasteiger partial charge in [0.2, 0.25) is 0 Å². The number of rotatable bonds is 4. The fourth-order valence-corrected chi connectivity index (χ4v) is 4.89. The summed E-state index contributed by atoms with van der Waals surface area (Å²) in [5.74, 6) is 1.51. The van der Waals surface area contributed by atoms with Crippen molar-refractivity contribution in [3.8, 4) is 0 Å². The molecular weight excluding hydrogens is 340 g/mol. The number of furan rings is 1. The molecule has 0 aromatic carbocycles. The molecule has 0 spiro atoms. The lowest BCUT2D eigenvalue weighted by Gasteiger charge is -2.16. The molecule has 3 heterocycles. The number of anilines is 1. The molecule has 4 rings (SSSR count). The van der Waals surface area contributed by atoms with Gasteiger partial charge in [0.1, 0.15) is 10.9 Å². The SMILES string of the molecule is Cc1c(C2CC=CCC2)sc2c(NCc3ccco3)cc(Cl)nc12. The van der Waals surface area contributed by atoms with Crippen LogP contribution in [0.25, 0.3) is 10.2 Å². The molecule has 0 bridgehead atoms. The molecule has 0 aliphatic heterocycles. The zero-order valence-electron chi connectivity index (χ0n) is 13.5. The van der Waals surface area contributed by atoms with Crippen LogP contribution in [0.3, 0.4) is 0 Å². The van der Waals surface area contributed by atoms with E-state index in [1.165, 1.54) is 21.6 Å². The summed E-state index contributed by atoms with van der Waals surface area (Å²) in [4.78, 5) is 6.04. The summed E-state index contributed by atoms with van der Waals surface area (Å²) in [5.41, 5.74) is 3.34. The highest BCUT2D eigenvalue weighted by molar-refractivity contribution is 7.20. The normalized spacial score (nSPS) is 17.5. The van der Waals surface area contributed by atoms with Crippen LogP contribution in [-0.4, -0.2) is 4.98 Å². The van der Waals surface area contributed by atoms with E-state index in [4.69, 9.17) is 16.0 Å². The van der Waals surface area contributed by atoms with E-state index in [2.05, 4.69) is 29.4 Å². The molecule has 124 valence electrons. The smallest absolute Gasteiger partial charge is 0.131 e. The summed E-state index contributed by atoms with van der Waals surface area (Å²) < 4.78 is 6.59. The Balaban J connectivity index is 1.72. The highest BCUT2D eigenvalue weighted by atomic mass is 35.5. The van der Waals surface area contributed by atoms with Crippen LogP contribution in [0.5, 0.6) is 0 Å². The Bertz CT molecular complexity index is 883. The van der Waals surface area contributed by atoms with Gasteiger partial charge in [-0.3, -0.25) is 0 Å².